The first-order valence-corrected chi connectivity index (χ1v) is 12.6. The highest BCUT2D eigenvalue weighted by molar-refractivity contribution is 14.0. The van der Waals surface area contributed by atoms with Crippen LogP contribution in [0.2, 0.25) is 0 Å². The van der Waals surface area contributed by atoms with Gasteiger partial charge in [0.15, 0.2) is 5.96 Å². The van der Waals surface area contributed by atoms with E-state index >= 15 is 0 Å². The summed E-state index contributed by atoms with van der Waals surface area (Å²) >= 11 is 2.10. The summed E-state index contributed by atoms with van der Waals surface area (Å²) in [5, 5.41) is 3.56. The van der Waals surface area contributed by atoms with Crippen LogP contribution in [-0.4, -0.2) is 97.5 Å². The molecule has 168 valence electrons. The van der Waals surface area contributed by atoms with Crippen LogP contribution in [0.5, 0.6) is 0 Å². The minimum absolute atomic E-state index is 0. The number of ether oxygens (including phenoxy) is 2. The van der Waals surface area contributed by atoms with Crippen molar-refractivity contribution in [2.24, 2.45) is 4.99 Å². The Bertz CT molecular complexity index is 521. The van der Waals surface area contributed by atoms with Gasteiger partial charge in [0, 0.05) is 56.4 Å². The van der Waals surface area contributed by atoms with Gasteiger partial charge >= 0.3 is 0 Å². The molecule has 3 aliphatic heterocycles. The topological polar surface area (TPSA) is 49.3 Å². The van der Waals surface area contributed by atoms with E-state index in [4.69, 9.17) is 14.5 Å². The number of rotatable bonds is 5. The lowest BCUT2D eigenvalue weighted by atomic mass is 9.95. The summed E-state index contributed by atoms with van der Waals surface area (Å²) in [5.74, 6) is 3.63. The molecule has 0 amide bonds. The van der Waals surface area contributed by atoms with Crippen molar-refractivity contribution in [2.45, 2.75) is 63.2 Å². The van der Waals surface area contributed by atoms with Gasteiger partial charge in [-0.2, -0.15) is 11.8 Å². The minimum Gasteiger partial charge on any atom is -0.375 e. The second-order valence-corrected chi connectivity index (χ2v) is 9.83. The zero-order chi connectivity index (χ0) is 19.2. The van der Waals surface area contributed by atoms with E-state index in [1.807, 2.05) is 0 Å². The van der Waals surface area contributed by atoms with Gasteiger partial charge in [-0.1, -0.05) is 12.8 Å². The highest BCUT2D eigenvalue weighted by atomic mass is 127. The standard InChI is InChI=1S/C21H38N4O2S.HI/c1-2-22-20(24-9-13-27-19(16-24)18-6-5-12-26-18)23-17-21(7-3-4-8-21)25-10-14-28-15-11-25;/h18-19H,2-17H2,1H3,(H,22,23);1H. The van der Waals surface area contributed by atoms with E-state index in [0.717, 1.165) is 58.2 Å². The molecule has 0 spiro atoms. The van der Waals surface area contributed by atoms with Gasteiger partial charge in [0.1, 0.15) is 6.10 Å². The molecule has 0 aromatic heterocycles. The maximum Gasteiger partial charge on any atom is 0.194 e. The maximum absolute atomic E-state index is 6.05. The van der Waals surface area contributed by atoms with Crippen LogP contribution < -0.4 is 5.32 Å². The van der Waals surface area contributed by atoms with Gasteiger partial charge in [0.2, 0.25) is 0 Å². The van der Waals surface area contributed by atoms with E-state index in [0.29, 0.717) is 5.54 Å². The second kappa shape index (κ2) is 11.7. The van der Waals surface area contributed by atoms with Crippen LogP contribution in [0.25, 0.3) is 0 Å². The van der Waals surface area contributed by atoms with E-state index in [2.05, 4.69) is 33.8 Å². The number of halogens is 1. The van der Waals surface area contributed by atoms with Crippen LogP contribution >= 0.6 is 35.7 Å². The van der Waals surface area contributed by atoms with Gasteiger partial charge in [-0.05, 0) is 32.6 Å². The quantitative estimate of drug-likeness (QED) is 0.330. The Hall–Kier alpha value is 0.230. The summed E-state index contributed by atoms with van der Waals surface area (Å²) in [4.78, 5) is 10.4. The van der Waals surface area contributed by atoms with Gasteiger partial charge in [-0.15, -0.1) is 24.0 Å². The molecule has 3 heterocycles. The van der Waals surface area contributed by atoms with Crippen LogP contribution in [-0.2, 0) is 9.47 Å². The molecule has 1 saturated carbocycles. The highest BCUT2D eigenvalue weighted by Crippen LogP contribution is 2.37. The normalized spacial score (nSPS) is 30.9. The monoisotopic (exact) mass is 538 g/mol. The Morgan fingerprint density at radius 2 is 1.83 bits per heavy atom. The number of guanidine groups is 1. The van der Waals surface area contributed by atoms with Crippen molar-refractivity contribution in [1.82, 2.24) is 15.1 Å². The molecule has 4 fully saturated rings. The predicted octanol–water partition coefficient (Wildman–Crippen LogP) is 2.81. The van der Waals surface area contributed by atoms with Gasteiger partial charge < -0.3 is 19.7 Å². The Balaban J connectivity index is 0.00000240. The molecule has 1 N–H and O–H groups in total. The summed E-state index contributed by atoms with van der Waals surface area (Å²) in [7, 11) is 0. The number of aliphatic imine (C=N–C) groups is 1. The van der Waals surface area contributed by atoms with E-state index in [1.54, 1.807) is 0 Å². The lowest BCUT2D eigenvalue weighted by Crippen LogP contribution is -2.55. The third kappa shape index (κ3) is 5.93. The third-order valence-electron chi connectivity index (χ3n) is 6.85. The van der Waals surface area contributed by atoms with Gasteiger partial charge in [-0.3, -0.25) is 9.89 Å². The van der Waals surface area contributed by atoms with Gasteiger partial charge in [0.05, 0.1) is 19.3 Å². The van der Waals surface area contributed by atoms with Crippen molar-refractivity contribution in [3.05, 3.63) is 0 Å². The van der Waals surface area contributed by atoms with Crippen LogP contribution in [0.15, 0.2) is 4.99 Å². The van der Waals surface area contributed by atoms with Gasteiger partial charge in [0.25, 0.3) is 0 Å². The Labute approximate surface area is 197 Å². The van der Waals surface area contributed by atoms with Crippen molar-refractivity contribution in [1.29, 1.82) is 0 Å². The SMILES string of the molecule is CCNC(=NCC1(N2CCSCC2)CCCC1)N1CCOC(C2CCCO2)C1.I. The number of hydrogen-bond acceptors (Lipinski definition) is 5. The molecular formula is C21H39IN4O2S. The lowest BCUT2D eigenvalue weighted by Gasteiger charge is -2.43. The van der Waals surface area contributed by atoms with E-state index in [1.165, 1.54) is 50.3 Å². The highest BCUT2D eigenvalue weighted by Gasteiger charge is 2.40. The average Bonchev–Trinajstić information content (AvgIpc) is 3.45. The number of morpholine rings is 1. The number of hydrogen-bond donors (Lipinski definition) is 1. The van der Waals surface area contributed by atoms with Crippen LogP contribution in [0.1, 0.15) is 45.4 Å². The fourth-order valence-corrected chi connectivity index (χ4v) is 6.18. The van der Waals surface area contributed by atoms with Crippen LogP contribution in [0.3, 0.4) is 0 Å². The molecule has 29 heavy (non-hydrogen) atoms. The molecule has 0 bridgehead atoms. The molecule has 8 heteroatoms. The smallest absolute Gasteiger partial charge is 0.194 e. The molecule has 1 aliphatic carbocycles. The zero-order valence-corrected chi connectivity index (χ0v) is 21.1. The van der Waals surface area contributed by atoms with E-state index in [-0.39, 0.29) is 36.2 Å². The summed E-state index contributed by atoms with van der Waals surface area (Å²) in [6, 6.07) is 0. The molecule has 0 radical (unpaired) electrons. The number of nitrogens with zero attached hydrogens (tertiary/aromatic N) is 3. The largest absolute Gasteiger partial charge is 0.375 e. The molecule has 0 aromatic carbocycles. The molecule has 4 rings (SSSR count). The van der Waals surface area contributed by atoms with Crippen molar-refractivity contribution >= 4 is 41.7 Å². The first-order chi connectivity index (χ1) is 13.8. The van der Waals surface area contributed by atoms with Crippen LogP contribution in [0.4, 0.5) is 0 Å². The van der Waals surface area contributed by atoms with E-state index < -0.39 is 0 Å². The minimum atomic E-state index is 0. The first-order valence-electron chi connectivity index (χ1n) is 11.4. The van der Waals surface area contributed by atoms with Crippen LogP contribution in [0, 0.1) is 0 Å². The van der Waals surface area contributed by atoms with Crippen molar-refractivity contribution in [2.75, 3.05) is 64.0 Å². The van der Waals surface area contributed by atoms with Crippen molar-refractivity contribution in [3.8, 4) is 0 Å². The second-order valence-electron chi connectivity index (χ2n) is 8.61. The lowest BCUT2D eigenvalue weighted by molar-refractivity contribution is -0.0817. The molecule has 2 unspecified atom stereocenters. The number of nitrogens with one attached hydrogen (secondary N) is 1. The summed E-state index contributed by atoms with van der Waals surface area (Å²) in [5.41, 5.74) is 0.294. The Kier molecular flexibility index (Phi) is 9.67. The zero-order valence-electron chi connectivity index (χ0n) is 17.9. The summed E-state index contributed by atoms with van der Waals surface area (Å²) in [6.45, 7) is 9.94. The Morgan fingerprint density at radius 3 is 2.52 bits per heavy atom. The summed E-state index contributed by atoms with van der Waals surface area (Å²) in [6.07, 6.45) is 8.06. The number of thioether (sulfide) groups is 1. The molecule has 4 aliphatic rings. The molecular weight excluding hydrogens is 499 g/mol. The average molecular weight is 539 g/mol. The molecule has 2 atom stereocenters. The summed E-state index contributed by atoms with van der Waals surface area (Å²) < 4.78 is 11.9. The molecule has 6 nitrogen and oxygen atoms in total. The molecule has 3 saturated heterocycles. The maximum atomic E-state index is 6.05. The first kappa shape index (κ1) is 23.9. The fraction of sp³-hybridized carbons (Fsp3) is 0.952. The Morgan fingerprint density at radius 1 is 1.07 bits per heavy atom. The van der Waals surface area contributed by atoms with Gasteiger partial charge in [-0.25, -0.2) is 0 Å². The molecule has 0 aromatic rings. The fourth-order valence-electron chi connectivity index (χ4n) is 5.28. The third-order valence-corrected chi connectivity index (χ3v) is 7.79. The predicted molar refractivity (Wildman–Crippen MR) is 132 cm³/mol. The van der Waals surface area contributed by atoms with Crippen molar-refractivity contribution in [3.63, 3.8) is 0 Å². The van der Waals surface area contributed by atoms with Crippen molar-refractivity contribution < 1.29 is 9.47 Å². The van der Waals surface area contributed by atoms with E-state index in [9.17, 15) is 0 Å².